The van der Waals surface area contributed by atoms with Gasteiger partial charge in [-0.15, -0.1) is 0 Å². The molecule has 1 saturated carbocycles. The van der Waals surface area contributed by atoms with E-state index in [2.05, 4.69) is 15.5 Å². The molecule has 1 fully saturated rings. The van der Waals surface area contributed by atoms with E-state index in [1.54, 1.807) is 12.1 Å². The van der Waals surface area contributed by atoms with Crippen molar-refractivity contribution >= 4 is 17.5 Å². The number of H-pyrrole nitrogens is 1. The van der Waals surface area contributed by atoms with Crippen molar-refractivity contribution in [2.75, 3.05) is 0 Å². The van der Waals surface area contributed by atoms with Crippen LogP contribution in [0.15, 0.2) is 60.9 Å². The Bertz CT molecular complexity index is 1010. The first-order valence-corrected chi connectivity index (χ1v) is 9.33. The normalized spacial score (nSPS) is 26.5. The number of aromatic amines is 1. The lowest BCUT2D eigenvalue weighted by Crippen LogP contribution is -2.75. The van der Waals surface area contributed by atoms with Crippen LogP contribution < -0.4 is 11.1 Å². The van der Waals surface area contributed by atoms with Crippen LogP contribution in [-0.2, 0) is 5.54 Å². The molecule has 1 amide bonds. The minimum atomic E-state index is -0.967. The van der Waals surface area contributed by atoms with Gasteiger partial charge in [-0.05, 0) is 36.6 Å². The predicted octanol–water partition coefficient (Wildman–Crippen LogP) is 3.73. The Balaban J connectivity index is 1.76. The summed E-state index contributed by atoms with van der Waals surface area (Å²) in [5.41, 5.74) is 7.40. The lowest BCUT2D eigenvalue weighted by molar-refractivity contribution is 0.0263. The van der Waals surface area contributed by atoms with Crippen LogP contribution in [0.5, 0.6) is 0 Å². The van der Waals surface area contributed by atoms with E-state index in [1.807, 2.05) is 37.3 Å². The summed E-state index contributed by atoms with van der Waals surface area (Å²) in [7, 11) is 0. The maximum absolute atomic E-state index is 13.8. The fourth-order valence-corrected chi connectivity index (χ4v) is 4.36. The molecule has 28 heavy (non-hydrogen) atoms. The first-order valence-electron chi connectivity index (χ1n) is 8.96. The van der Waals surface area contributed by atoms with Crippen LogP contribution in [0.1, 0.15) is 40.7 Å². The number of nitrogens with zero attached hydrogens (tertiary/aromatic N) is 1. The molecule has 3 unspecified atom stereocenters. The van der Waals surface area contributed by atoms with Gasteiger partial charge in [-0.25, -0.2) is 4.39 Å². The molecule has 1 heterocycles. The van der Waals surface area contributed by atoms with E-state index in [0.717, 1.165) is 5.56 Å². The minimum Gasteiger partial charge on any atom is -0.345 e. The highest BCUT2D eigenvalue weighted by Crippen LogP contribution is 2.57. The van der Waals surface area contributed by atoms with Crippen LogP contribution in [0.2, 0.25) is 5.02 Å². The molecule has 1 aliphatic rings. The van der Waals surface area contributed by atoms with Crippen LogP contribution >= 0.6 is 11.6 Å². The number of hydrogen-bond donors (Lipinski definition) is 3. The Morgan fingerprint density at radius 3 is 2.71 bits per heavy atom. The third kappa shape index (κ3) is 2.80. The summed E-state index contributed by atoms with van der Waals surface area (Å²) in [5.74, 6) is -0.843. The fourth-order valence-electron chi connectivity index (χ4n) is 4.18. The highest BCUT2D eigenvalue weighted by atomic mass is 35.5. The topological polar surface area (TPSA) is 83.8 Å². The number of nitrogens with one attached hydrogen (secondary N) is 2. The first-order chi connectivity index (χ1) is 13.3. The van der Waals surface area contributed by atoms with Gasteiger partial charge in [0.25, 0.3) is 5.91 Å². The molecule has 4 rings (SSSR count). The standard InChI is InChI=1S/C21H20ClFN4O/c1-20(27-19(28)14-11-25-26-12-14)10-16(13-5-3-2-4-6-13)21(20,24)15-7-8-18(23)17(22)9-15/h2-9,11-12,16H,10,24H2,1H3,(H,25,26)(H,27,28). The molecule has 5 nitrogen and oxygen atoms in total. The Labute approximate surface area is 167 Å². The molecule has 0 bridgehead atoms. The highest BCUT2D eigenvalue weighted by Gasteiger charge is 2.62. The number of benzene rings is 2. The zero-order valence-electron chi connectivity index (χ0n) is 15.2. The quantitative estimate of drug-likeness (QED) is 0.626. The molecule has 0 spiro atoms. The largest absolute Gasteiger partial charge is 0.345 e. The molecular formula is C21H20ClFN4O. The third-order valence-corrected chi connectivity index (χ3v) is 6.11. The molecule has 4 N–H and O–H groups in total. The van der Waals surface area contributed by atoms with Crippen LogP contribution in [0.3, 0.4) is 0 Å². The number of halogens is 2. The van der Waals surface area contributed by atoms with Gasteiger partial charge in [0, 0.05) is 12.1 Å². The lowest BCUT2D eigenvalue weighted by atomic mass is 9.50. The second kappa shape index (κ2) is 6.72. The average Bonchev–Trinajstić information content (AvgIpc) is 3.23. The number of carbonyl (C=O) groups is 1. The number of carbonyl (C=O) groups excluding carboxylic acids is 1. The van der Waals surface area contributed by atoms with E-state index >= 15 is 0 Å². The Kier molecular flexibility index (Phi) is 4.48. The number of aromatic nitrogens is 2. The number of rotatable bonds is 4. The van der Waals surface area contributed by atoms with Crippen molar-refractivity contribution in [2.45, 2.75) is 30.3 Å². The molecule has 7 heteroatoms. The van der Waals surface area contributed by atoms with Gasteiger partial charge >= 0.3 is 0 Å². The summed E-state index contributed by atoms with van der Waals surface area (Å²) < 4.78 is 13.8. The van der Waals surface area contributed by atoms with Gasteiger partial charge in [0.2, 0.25) is 0 Å². The van der Waals surface area contributed by atoms with E-state index in [1.165, 1.54) is 18.5 Å². The van der Waals surface area contributed by atoms with Gasteiger partial charge in [-0.3, -0.25) is 9.89 Å². The SMILES string of the molecule is CC1(NC(=O)c2cn[nH]c2)CC(c2ccccc2)C1(N)c1ccc(F)c(Cl)c1. The smallest absolute Gasteiger partial charge is 0.254 e. The minimum absolute atomic E-state index is 0.00421. The molecule has 144 valence electrons. The van der Waals surface area contributed by atoms with Gasteiger partial charge in [0.05, 0.1) is 27.9 Å². The summed E-state index contributed by atoms with van der Waals surface area (Å²) in [4.78, 5) is 12.7. The van der Waals surface area contributed by atoms with Crippen molar-refractivity contribution in [1.29, 1.82) is 0 Å². The van der Waals surface area contributed by atoms with Gasteiger partial charge in [-0.2, -0.15) is 5.10 Å². The van der Waals surface area contributed by atoms with Crippen molar-refractivity contribution in [1.82, 2.24) is 15.5 Å². The molecule has 0 radical (unpaired) electrons. The Morgan fingerprint density at radius 1 is 1.32 bits per heavy atom. The van der Waals surface area contributed by atoms with Crippen molar-refractivity contribution in [3.05, 3.63) is 88.5 Å². The van der Waals surface area contributed by atoms with Gasteiger partial charge in [0.15, 0.2) is 0 Å². The summed E-state index contributed by atoms with van der Waals surface area (Å²) in [6.07, 6.45) is 3.62. The van der Waals surface area contributed by atoms with E-state index < -0.39 is 16.9 Å². The van der Waals surface area contributed by atoms with E-state index in [9.17, 15) is 9.18 Å². The molecule has 2 aromatic carbocycles. The lowest BCUT2D eigenvalue weighted by Gasteiger charge is -2.62. The second-order valence-electron chi connectivity index (χ2n) is 7.44. The van der Waals surface area contributed by atoms with Crippen molar-refractivity contribution in [3.63, 3.8) is 0 Å². The zero-order chi connectivity index (χ0) is 19.9. The van der Waals surface area contributed by atoms with E-state index in [0.29, 0.717) is 17.5 Å². The monoisotopic (exact) mass is 398 g/mol. The van der Waals surface area contributed by atoms with Gasteiger partial charge in [0.1, 0.15) is 5.82 Å². The van der Waals surface area contributed by atoms with Crippen molar-refractivity contribution < 1.29 is 9.18 Å². The van der Waals surface area contributed by atoms with Crippen molar-refractivity contribution in [2.24, 2.45) is 5.73 Å². The number of hydrogen-bond acceptors (Lipinski definition) is 3. The summed E-state index contributed by atoms with van der Waals surface area (Å²) in [5, 5.41) is 9.51. The van der Waals surface area contributed by atoms with Crippen LogP contribution in [0, 0.1) is 5.82 Å². The summed E-state index contributed by atoms with van der Waals surface area (Å²) in [6, 6.07) is 14.4. The fraction of sp³-hybridized carbons (Fsp3) is 0.238. The van der Waals surface area contributed by atoms with Crippen LogP contribution in [-0.4, -0.2) is 21.6 Å². The number of amides is 1. The second-order valence-corrected chi connectivity index (χ2v) is 7.85. The molecule has 1 aliphatic carbocycles. The predicted molar refractivity (Wildman–Crippen MR) is 106 cm³/mol. The summed E-state index contributed by atoms with van der Waals surface area (Å²) >= 11 is 6.04. The summed E-state index contributed by atoms with van der Waals surface area (Å²) in [6.45, 7) is 1.90. The molecule has 0 aliphatic heterocycles. The van der Waals surface area contributed by atoms with Crippen molar-refractivity contribution in [3.8, 4) is 0 Å². The first kappa shape index (κ1) is 18.7. The molecule has 1 aromatic heterocycles. The Morgan fingerprint density at radius 2 is 2.07 bits per heavy atom. The molecule has 3 atom stereocenters. The average molecular weight is 399 g/mol. The Hall–Kier alpha value is -2.70. The molecule has 3 aromatic rings. The van der Waals surface area contributed by atoms with Crippen LogP contribution in [0.25, 0.3) is 0 Å². The molecule has 0 saturated heterocycles. The maximum atomic E-state index is 13.8. The van der Waals surface area contributed by atoms with Gasteiger partial charge < -0.3 is 11.1 Å². The van der Waals surface area contributed by atoms with E-state index in [4.69, 9.17) is 17.3 Å². The zero-order valence-corrected chi connectivity index (χ0v) is 16.0. The third-order valence-electron chi connectivity index (χ3n) is 5.82. The van der Waals surface area contributed by atoms with Crippen LogP contribution in [0.4, 0.5) is 4.39 Å². The number of nitrogens with two attached hydrogens (primary N) is 1. The molecular weight excluding hydrogens is 379 g/mol. The van der Waals surface area contributed by atoms with Gasteiger partial charge in [-0.1, -0.05) is 48.0 Å². The van der Waals surface area contributed by atoms with E-state index in [-0.39, 0.29) is 16.8 Å². The highest BCUT2D eigenvalue weighted by molar-refractivity contribution is 6.30. The maximum Gasteiger partial charge on any atom is 0.254 e.